The summed E-state index contributed by atoms with van der Waals surface area (Å²) in [6.07, 6.45) is 6.03. The van der Waals surface area contributed by atoms with E-state index in [1.54, 1.807) is 18.2 Å². The minimum Gasteiger partial charge on any atom is -0.366 e. The third-order valence-electron chi connectivity index (χ3n) is 5.21. The van der Waals surface area contributed by atoms with Crippen LogP contribution in [-0.4, -0.2) is 54.0 Å². The molecule has 0 radical (unpaired) electrons. The van der Waals surface area contributed by atoms with Gasteiger partial charge in [-0.1, -0.05) is 18.6 Å². The van der Waals surface area contributed by atoms with E-state index in [0.29, 0.717) is 18.2 Å². The molecule has 1 unspecified atom stereocenters. The molecule has 0 aromatic heterocycles. The van der Waals surface area contributed by atoms with E-state index in [1.807, 2.05) is 11.0 Å². The molecule has 2 aliphatic heterocycles. The third-order valence-corrected chi connectivity index (χ3v) is 5.21. The molecule has 6 nitrogen and oxygen atoms in total. The van der Waals surface area contributed by atoms with E-state index in [4.69, 9.17) is 5.73 Å². The van der Waals surface area contributed by atoms with Crippen LogP contribution in [0.1, 0.15) is 48.0 Å². The number of urea groups is 1. The predicted molar refractivity (Wildman–Crippen MR) is 97.2 cm³/mol. The third kappa shape index (κ3) is 4.72. The van der Waals surface area contributed by atoms with Crippen molar-refractivity contribution in [3.05, 3.63) is 35.4 Å². The lowest BCUT2D eigenvalue weighted by Gasteiger charge is -2.33. The van der Waals surface area contributed by atoms with Crippen molar-refractivity contribution in [1.29, 1.82) is 0 Å². The summed E-state index contributed by atoms with van der Waals surface area (Å²) in [7, 11) is 0. The van der Waals surface area contributed by atoms with E-state index in [9.17, 15) is 9.59 Å². The Bertz CT molecular complexity index is 613. The second kappa shape index (κ2) is 8.34. The smallest absolute Gasteiger partial charge is 0.317 e. The molecule has 0 bridgehead atoms. The minimum atomic E-state index is -0.450. The average Bonchev–Trinajstić information content (AvgIpc) is 3.09. The molecule has 3 amide bonds. The Balaban J connectivity index is 1.53. The summed E-state index contributed by atoms with van der Waals surface area (Å²) in [6.45, 7) is 4.54. The summed E-state index contributed by atoms with van der Waals surface area (Å²) < 4.78 is 0. The lowest BCUT2D eigenvalue weighted by molar-refractivity contribution is 0.1000. The first-order chi connectivity index (χ1) is 12.1. The Kier molecular flexibility index (Phi) is 5.91. The summed E-state index contributed by atoms with van der Waals surface area (Å²) in [5.41, 5.74) is 6.66. The zero-order chi connectivity index (χ0) is 17.6. The molecule has 0 aliphatic carbocycles. The van der Waals surface area contributed by atoms with E-state index in [2.05, 4.69) is 10.2 Å². The first-order valence-electron chi connectivity index (χ1n) is 9.29. The molecule has 2 heterocycles. The Morgan fingerprint density at radius 1 is 1.12 bits per heavy atom. The summed E-state index contributed by atoms with van der Waals surface area (Å²) in [4.78, 5) is 28.3. The standard InChI is InChI=1S/C19H28N4O2/c20-18(24)16-7-4-6-15(12-16)13-21-19(25)23-11-5-8-17(23)14-22-9-2-1-3-10-22/h4,6-7,12,17H,1-3,5,8-11,13-14H2,(H2,20,24)(H,21,25). The van der Waals surface area contributed by atoms with Gasteiger partial charge < -0.3 is 20.9 Å². The molecule has 0 spiro atoms. The molecule has 6 heteroatoms. The number of carbonyl (C=O) groups is 2. The van der Waals surface area contributed by atoms with Gasteiger partial charge in [-0.3, -0.25) is 4.79 Å². The van der Waals surface area contributed by atoms with Gasteiger partial charge in [0.15, 0.2) is 0 Å². The fraction of sp³-hybridized carbons (Fsp3) is 0.579. The van der Waals surface area contributed by atoms with Gasteiger partial charge in [0.2, 0.25) is 5.91 Å². The first kappa shape index (κ1) is 17.7. The second-order valence-corrected chi connectivity index (χ2v) is 7.07. The molecular weight excluding hydrogens is 316 g/mol. The number of amides is 3. The van der Waals surface area contributed by atoms with Crippen molar-refractivity contribution in [2.45, 2.75) is 44.7 Å². The van der Waals surface area contributed by atoms with Crippen LogP contribution in [0.2, 0.25) is 0 Å². The molecule has 2 saturated heterocycles. The van der Waals surface area contributed by atoms with Crippen LogP contribution in [0, 0.1) is 0 Å². The fourth-order valence-electron chi connectivity index (χ4n) is 3.85. The topological polar surface area (TPSA) is 78.7 Å². The van der Waals surface area contributed by atoms with Gasteiger partial charge in [0.05, 0.1) is 0 Å². The maximum atomic E-state index is 12.6. The average molecular weight is 344 g/mol. The van der Waals surface area contributed by atoms with Gasteiger partial charge in [-0.2, -0.15) is 0 Å². The quantitative estimate of drug-likeness (QED) is 0.857. The lowest BCUT2D eigenvalue weighted by Crippen LogP contribution is -2.48. The number of likely N-dealkylation sites (tertiary alicyclic amines) is 2. The second-order valence-electron chi connectivity index (χ2n) is 7.07. The Morgan fingerprint density at radius 2 is 1.92 bits per heavy atom. The predicted octanol–water partition coefficient (Wildman–Crippen LogP) is 1.95. The van der Waals surface area contributed by atoms with Crippen molar-refractivity contribution < 1.29 is 9.59 Å². The highest BCUT2D eigenvalue weighted by Crippen LogP contribution is 2.20. The van der Waals surface area contributed by atoms with Gasteiger partial charge >= 0.3 is 6.03 Å². The van der Waals surface area contributed by atoms with E-state index in [0.717, 1.165) is 44.6 Å². The number of nitrogens with one attached hydrogen (secondary N) is 1. The number of piperidine rings is 1. The first-order valence-corrected chi connectivity index (χ1v) is 9.29. The SMILES string of the molecule is NC(=O)c1cccc(CNC(=O)N2CCCC2CN2CCCCC2)c1. The van der Waals surface area contributed by atoms with Crippen molar-refractivity contribution in [2.24, 2.45) is 5.73 Å². The minimum absolute atomic E-state index is 0.0102. The van der Waals surface area contributed by atoms with E-state index in [1.165, 1.54) is 19.3 Å². The van der Waals surface area contributed by atoms with E-state index >= 15 is 0 Å². The van der Waals surface area contributed by atoms with Crippen molar-refractivity contribution in [1.82, 2.24) is 15.1 Å². The van der Waals surface area contributed by atoms with Gasteiger partial charge in [0, 0.05) is 31.2 Å². The van der Waals surface area contributed by atoms with Crippen molar-refractivity contribution in [3.63, 3.8) is 0 Å². The molecule has 136 valence electrons. The summed E-state index contributed by atoms with van der Waals surface area (Å²) in [5.74, 6) is -0.450. The van der Waals surface area contributed by atoms with Gasteiger partial charge in [-0.25, -0.2) is 4.79 Å². The van der Waals surface area contributed by atoms with Crippen LogP contribution in [0.3, 0.4) is 0 Å². The van der Waals surface area contributed by atoms with Crippen LogP contribution in [-0.2, 0) is 6.54 Å². The zero-order valence-corrected chi connectivity index (χ0v) is 14.7. The number of rotatable bonds is 5. The zero-order valence-electron chi connectivity index (χ0n) is 14.7. The molecule has 0 saturated carbocycles. The molecule has 1 atom stereocenters. The van der Waals surface area contributed by atoms with Crippen LogP contribution >= 0.6 is 0 Å². The van der Waals surface area contributed by atoms with E-state index in [-0.39, 0.29) is 6.03 Å². The normalized spacial score (nSPS) is 21.3. The molecule has 2 fully saturated rings. The molecular formula is C19H28N4O2. The van der Waals surface area contributed by atoms with Gasteiger partial charge in [-0.05, 0) is 56.5 Å². The summed E-state index contributed by atoms with van der Waals surface area (Å²) in [6, 6.07) is 7.40. The molecule has 3 rings (SSSR count). The molecule has 1 aromatic rings. The monoisotopic (exact) mass is 344 g/mol. The lowest BCUT2D eigenvalue weighted by atomic mass is 10.1. The van der Waals surface area contributed by atoms with Crippen LogP contribution < -0.4 is 11.1 Å². The van der Waals surface area contributed by atoms with Crippen LogP contribution in [0.15, 0.2) is 24.3 Å². The van der Waals surface area contributed by atoms with E-state index < -0.39 is 5.91 Å². The number of nitrogens with zero attached hydrogens (tertiary/aromatic N) is 2. The Morgan fingerprint density at radius 3 is 2.68 bits per heavy atom. The summed E-state index contributed by atoms with van der Waals surface area (Å²) >= 11 is 0. The van der Waals surface area contributed by atoms with Crippen LogP contribution in [0.4, 0.5) is 4.79 Å². The Labute approximate surface area is 149 Å². The number of hydrogen-bond donors (Lipinski definition) is 2. The highest BCUT2D eigenvalue weighted by atomic mass is 16.2. The highest BCUT2D eigenvalue weighted by molar-refractivity contribution is 5.92. The maximum absolute atomic E-state index is 12.6. The van der Waals surface area contributed by atoms with Crippen molar-refractivity contribution in [2.75, 3.05) is 26.2 Å². The number of hydrogen-bond acceptors (Lipinski definition) is 3. The van der Waals surface area contributed by atoms with Gasteiger partial charge in [0.1, 0.15) is 0 Å². The highest BCUT2D eigenvalue weighted by Gasteiger charge is 2.30. The van der Waals surface area contributed by atoms with Gasteiger partial charge in [0.25, 0.3) is 0 Å². The van der Waals surface area contributed by atoms with Crippen molar-refractivity contribution >= 4 is 11.9 Å². The molecule has 25 heavy (non-hydrogen) atoms. The van der Waals surface area contributed by atoms with Crippen LogP contribution in [0.25, 0.3) is 0 Å². The largest absolute Gasteiger partial charge is 0.366 e. The Hall–Kier alpha value is -2.08. The molecule has 1 aromatic carbocycles. The van der Waals surface area contributed by atoms with Gasteiger partial charge in [-0.15, -0.1) is 0 Å². The summed E-state index contributed by atoms with van der Waals surface area (Å²) in [5, 5.41) is 2.99. The number of primary amides is 1. The number of nitrogens with two attached hydrogens (primary N) is 1. The maximum Gasteiger partial charge on any atom is 0.317 e. The number of benzene rings is 1. The van der Waals surface area contributed by atoms with Crippen molar-refractivity contribution in [3.8, 4) is 0 Å². The molecule has 3 N–H and O–H groups in total. The fourth-order valence-corrected chi connectivity index (χ4v) is 3.85. The molecule has 2 aliphatic rings. The van der Waals surface area contributed by atoms with Crippen LogP contribution in [0.5, 0.6) is 0 Å². The number of carbonyl (C=O) groups excluding carboxylic acids is 2.